The van der Waals surface area contributed by atoms with Crippen LogP contribution >= 0.6 is 11.3 Å². The van der Waals surface area contributed by atoms with Crippen molar-refractivity contribution >= 4 is 11.3 Å². The van der Waals surface area contributed by atoms with E-state index in [9.17, 15) is 0 Å². The molecule has 2 aromatic rings. The van der Waals surface area contributed by atoms with E-state index < -0.39 is 0 Å². The molecule has 0 amide bonds. The summed E-state index contributed by atoms with van der Waals surface area (Å²) in [4.78, 5) is 1.44. The monoisotopic (exact) mass is 273 g/mol. The SMILES string of the molecule is Cc1ccc(C(C)NC(C)c2sccc2C)c(C)c1. The van der Waals surface area contributed by atoms with E-state index in [0.717, 1.165) is 0 Å². The van der Waals surface area contributed by atoms with Gasteiger partial charge in [-0.3, -0.25) is 0 Å². The molecule has 0 aliphatic rings. The lowest BCUT2D eigenvalue weighted by Gasteiger charge is -2.22. The number of thiophene rings is 1. The van der Waals surface area contributed by atoms with Gasteiger partial charge in [0.15, 0.2) is 0 Å². The van der Waals surface area contributed by atoms with Crippen LogP contribution in [0.2, 0.25) is 0 Å². The Morgan fingerprint density at radius 2 is 1.68 bits per heavy atom. The first-order valence-corrected chi connectivity index (χ1v) is 7.74. The molecule has 0 aliphatic carbocycles. The molecule has 0 bridgehead atoms. The topological polar surface area (TPSA) is 12.0 Å². The zero-order chi connectivity index (χ0) is 14.0. The molecule has 2 atom stereocenters. The van der Waals surface area contributed by atoms with Crippen molar-refractivity contribution in [1.29, 1.82) is 0 Å². The predicted molar refractivity (Wildman–Crippen MR) is 84.9 cm³/mol. The van der Waals surface area contributed by atoms with Crippen molar-refractivity contribution in [2.45, 2.75) is 46.7 Å². The molecule has 0 fully saturated rings. The highest BCUT2D eigenvalue weighted by Gasteiger charge is 2.15. The average molecular weight is 273 g/mol. The van der Waals surface area contributed by atoms with Crippen LogP contribution in [0.4, 0.5) is 0 Å². The largest absolute Gasteiger partial charge is 0.303 e. The van der Waals surface area contributed by atoms with Crippen LogP contribution in [0.25, 0.3) is 0 Å². The van der Waals surface area contributed by atoms with E-state index in [4.69, 9.17) is 0 Å². The molecule has 0 saturated heterocycles. The maximum absolute atomic E-state index is 3.71. The molecule has 19 heavy (non-hydrogen) atoms. The van der Waals surface area contributed by atoms with Gasteiger partial charge in [-0.05, 0) is 62.8 Å². The Hall–Kier alpha value is -1.12. The summed E-state index contributed by atoms with van der Waals surface area (Å²) in [6, 6.07) is 9.67. The molecule has 102 valence electrons. The van der Waals surface area contributed by atoms with Crippen LogP contribution in [0.1, 0.15) is 53.1 Å². The molecule has 0 aliphatic heterocycles. The molecule has 1 heterocycles. The maximum Gasteiger partial charge on any atom is 0.0393 e. The zero-order valence-electron chi connectivity index (χ0n) is 12.4. The van der Waals surface area contributed by atoms with Crippen LogP contribution in [0.3, 0.4) is 0 Å². The summed E-state index contributed by atoms with van der Waals surface area (Å²) < 4.78 is 0. The first-order valence-electron chi connectivity index (χ1n) is 6.86. The molecule has 1 N–H and O–H groups in total. The molecular formula is C17H23NS. The minimum Gasteiger partial charge on any atom is -0.303 e. The van der Waals surface area contributed by atoms with Gasteiger partial charge in [-0.1, -0.05) is 23.8 Å². The highest BCUT2D eigenvalue weighted by Crippen LogP contribution is 2.27. The Morgan fingerprint density at radius 3 is 2.26 bits per heavy atom. The first-order chi connectivity index (χ1) is 8.99. The third kappa shape index (κ3) is 3.26. The zero-order valence-corrected chi connectivity index (χ0v) is 13.3. The van der Waals surface area contributed by atoms with Crippen LogP contribution < -0.4 is 5.32 Å². The fraction of sp³-hybridized carbons (Fsp3) is 0.412. The Balaban J connectivity index is 2.13. The van der Waals surface area contributed by atoms with Crippen LogP contribution in [0.5, 0.6) is 0 Å². The second kappa shape index (κ2) is 5.89. The standard InChI is InChI=1S/C17H23NS/c1-11-6-7-16(13(3)10-11)14(4)18-15(5)17-12(2)8-9-19-17/h6-10,14-15,18H,1-5H3. The molecule has 2 heteroatoms. The van der Waals surface area contributed by atoms with E-state index in [1.807, 2.05) is 11.3 Å². The fourth-order valence-electron chi connectivity index (χ4n) is 2.68. The Morgan fingerprint density at radius 1 is 0.947 bits per heavy atom. The van der Waals surface area contributed by atoms with E-state index in [1.165, 1.54) is 27.1 Å². The fourth-order valence-corrected chi connectivity index (χ4v) is 3.62. The molecule has 0 radical (unpaired) electrons. The van der Waals surface area contributed by atoms with Crippen molar-refractivity contribution in [3.8, 4) is 0 Å². The summed E-state index contributed by atoms with van der Waals surface area (Å²) in [7, 11) is 0. The molecule has 2 rings (SSSR count). The summed E-state index contributed by atoms with van der Waals surface area (Å²) in [5.74, 6) is 0. The van der Waals surface area contributed by atoms with E-state index in [2.05, 4.69) is 69.6 Å². The van der Waals surface area contributed by atoms with Gasteiger partial charge in [0.1, 0.15) is 0 Å². The normalized spacial score (nSPS) is 14.4. The van der Waals surface area contributed by atoms with Crippen LogP contribution in [0, 0.1) is 20.8 Å². The van der Waals surface area contributed by atoms with Crippen LogP contribution in [0.15, 0.2) is 29.6 Å². The quantitative estimate of drug-likeness (QED) is 0.818. The van der Waals surface area contributed by atoms with E-state index >= 15 is 0 Å². The average Bonchev–Trinajstić information content (AvgIpc) is 2.75. The van der Waals surface area contributed by atoms with E-state index in [1.54, 1.807) is 0 Å². The highest BCUT2D eigenvalue weighted by molar-refractivity contribution is 7.10. The van der Waals surface area contributed by atoms with Gasteiger partial charge in [-0.2, -0.15) is 0 Å². The molecule has 0 saturated carbocycles. The smallest absolute Gasteiger partial charge is 0.0393 e. The van der Waals surface area contributed by atoms with Crippen molar-refractivity contribution in [3.05, 3.63) is 56.8 Å². The van der Waals surface area contributed by atoms with E-state index in [-0.39, 0.29) is 0 Å². The Kier molecular flexibility index (Phi) is 4.43. The Bertz CT molecular complexity index is 556. The minimum absolute atomic E-state index is 0.372. The van der Waals surface area contributed by atoms with Gasteiger partial charge in [0.25, 0.3) is 0 Å². The van der Waals surface area contributed by atoms with Crippen molar-refractivity contribution < 1.29 is 0 Å². The molecule has 1 aromatic heterocycles. The second-order valence-electron chi connectivity index (χ2n) is 5.44. The third-order valence-electron chi connectivity index (χ3n) is 3.69. The molecule has 1 aromatic carbocycles. The van der Waals surface area contributed by atoms with Gasteiger partial charge >= 0.3 is 0 Å². The lowest BCUT2D eigenvalue weighted by atomic mass is 9.99. The van der Waals surface area contributed by atoms with Gasteiger partial charge < -0.3 is 5.32 Å². The van der Waals surface area contributed by atoms with Crippen molar-refractivity contribution in [3.63, 3.8) is 0 Å². The molecule has 2 unspecified atom stereocenters. The first kappa shape index (κ1) is 14.3. The van der Waals surface area contributed by atoms with Gasteiger partial charge in [-0.15, -0.1) is 11.3 Å². The van der Waals surface area contributed by atoms with Gasteiger partial charge in [-0.25, -0.2) is 0 Å². The highest BCUT2D eigenvalue weighted by atomic mass is 32.1. The number of hydrogen-bond acceptors (Lipinski definition) is 2. The molecular weight excluding hydrogens is 250 g/mol. The van der Waals surface area contributed by atoms with Crippen molar-refractivity contribution in [2.75, 3.05) is 0 Å². The lowest BCUT2D eigenvalue weighted by Crippen LogP contribution is -2.22. The summed E-state index contributed by atoms with van der Waals surface area (Å²) in [6.45, 7) is 11.0. The predicted octanol–water partition coefficient (Wildman–Crippen LogP) is 5.09. The second-order valence-corrected chi connectivity index (χ2v) is 6.39. The Labute approximate surface area is 120 Å². The molecule has 1 nitrogen and oxygen atoms in total. The van der Waals surface area contributed by atoms with Crippen LogP contribution in [-0.4, -0.2) is 0 Å². The number of rotatable bonds is 4. The lowest BCUT2D eigenvalue weighted by molar-refractivity contribution is 0.497. The summed E-state index contributed by atoms with van der Waals surface area (Å²) in [6.07, 6.45) is 0. The number of hydrogen-bond donors (Lipinski definition) is 1. The summed E-state index contributed by atoms with van der Waals surface area (Å²) >= 11 is 1.84. The molecule has 0 spiro atoms. The minimum atomic E-state index is 0.372. The number of benzene rings is 1. The van der Waals surface area contributed by atoms with Gasteiger partial charge in [0.05, 0.1) is 0 Å². The van der Waals surface area contributed by atoms with Crippen LogP contribution in [-0.2, 0) is 0 Å². The maximum atomic E-state index is 3.71. The summed E-state index contributed by atoms with van der Waals surface area (Å²) in [5, 5.41) is 5.88. The van der Waals surface area contributed by atoms with E-state index in [0.29, 0.717) is 12.1 Å². The number of nitrogens with one attached hydrogen (secondary N) is 1. The van der Waals surface area contributed by atoms with Crippen molar-refractivity contribution in [1.82, 2.24) is 5.32 Å². The number of aryl methyl sites for hydroxylation is 3. The van der Waals surface area contributed by atoms with Gasteiger partial charge in [0.2, 0.25) is 0 Å². The van der Waals surface area contributed by atoms with Gasteiger partial charge in [0, 0.05) is 17.0 Å². The third-order valence-corrected chi connectivity index (χ3v) is 4.89. The summed E-state index contributed by atoms with van der Waals surface area (Å²) in [5.41, 5.74) is 5.48. The van der Waals surface area contributed by atoms with Crippen molar-refractivity contribution in [2.24, 2.45) is 0 Å².